The Morgan fingerprint density at radius 2 is 2.00 bits per heavy atom. The summed E-state index contributed by atoms with van der Waals surface area (Å²) in [7, 11) is 0. The van der Waals surface area contributed by atoms with Crippen molar-refractivity contribution >= 4 is 0 Å². The summed E-state index contributed by atoms with van der Waals surface area (Å²) < 4.78 is 0. The van der Waals surface area contributed by atoms with Crippen LogP contribution in [0.2, 0.25) is 0 Å². The van der Waals surface area contributed by atoms with Gasteiger partial charge in [-0.1, -0.05) is 36.4 Å². The molecule has 3 N–H and O–H groups in total. The molecule has 1 fully saturated rings. The first kappa shape index (κ1) is 19.6. The average Bonchev–Trinajstić information content (AvgIpc) is 3.22. The summed E-state index contributed by atoms with van der Waals surface area (Å²) >= 11 is 0. The maximum atomic E-state index is 5.77. The van der Waals surface area contributed by atoms with Crippen molar-refractivity contribution in [2.75, 3.05) is 26.2 Å². The molecule has 3 atom stereocenters. The maximum absolute atomic E-state index is 5.77. The minimum atomic E-state index is 0.459. The molecule has 2 aromatic rings. The van der Waals surface area contributed by atoms with Gasteiger partial charge < -0.3 is 11.1 Å². The number of nitrogens with zero attached hydrogens (tertiary/aromatic N) is 2. The Hall–Kier alpha value is -1.75. The summed E-state index contributed by atoms with van der Waals surface area (Å²) in [6.07, 6.45) is 9.12. The van der Waals surface area contributed by atoms with Crippen LogP contribution in [0.5, 0.6) is 0 Å². The van der Waals surface area contributed by atoms with Crippen LogP contribution >= 0.6 is 0 Å². The molecule has 1 saturated heterocycles. The summed E-state index contributed by atoms with van der Waals surface area (Å²) in [6, 6.07) is 16.3. The first-order valence-electron chi connectivity index (χ1n) is 11.0. The van der Waals surface area contributed by atoms with Crippen LogP contribution in [0.3, 0.4) is 0 Å². The Bertz CT molecular complexity index is 732. The monoisotopic (exact) mass is 378 g/mol. The van der Waals surface area contributed by atoms with Crippen molar-refractivity contribution in [3.05, 3.63) is 65.5 Å². The highest BCUT2D eigenvalue weighted by Gasteiger charge is 2.31. The fourth-order valence-corrected chi connectivity index (χ4v) is 4.99. The number of nitrogens with two attached hydrogens (primary N) is 1. The van der Waals surface area contributed by atoms with Gasteiger partial charge in [0.2, 0.25) is 0 Å². The molecule has 1 unspecified atom stereocenters. The molecule has 2 aliphatic rings. The van der Waals surface area contributed by atoms with Crippen molar-refractivity contribution in [1.82, 2.24) is 15.2 Å². The molecular formula is C24H34N4. The van der Waals surface area contributed by atoms with Crippen molar-refractivity contribution in [2.24, 2.45) is 5.73 Å². The lowest BCUT2D eigenvalue weighted by Gasteiger charge is -2.36. The topological polar surface area (TPSA) is 54.2 Å². The van der Waals surface area contributed by atoms with Crippen molar-refractivity contribution in [2.45, 2.75) is 56.5 Å². The van der Waals surface area contributed by atoms with Gasteiger partial charge in [0.05, 0.1) is 11.7 Å². The smallest absolute Gasteiger partial charge is 0.0607 e. The molecule has 0 amide bonds. The Morgan fingerprint density at radius 1 is 1.11 bits per heavy atom. The van der Waals surface area contributed by atoms with E-state index in [0.717, 1.165) is 32.6 Å². The number of hydrogen-bond acceptors (Lipinski definition) is 4. The van der Waals surface area contributed by atoms with E-state index < -0.39 is 0 Å². The fourth-order valence-electron chi connectivity index (χ4n) is 4.99. The lowest BCUT2D eigenvalue weighted by Crippen LogP contribution is -2.41. The van der Waals surface area contributed by atoms with E-state index in [1.165, 1.54) is 48.9 Å². The Morgan fingerprint density at radius 3 is 2.86 bits per heavy atom. The third-order valence-electron chi connectivity index (χ3n) is 6.45. The van der Waals surface area contributed by atoms with Gasteiger partial charge in [0, 0.05) is 25.3 Å². The Kier molecular flexibility index (Phi) is 6.73. The molecule has 0 spiro atoms. The number of pyridine rings is 1. The normalized spacial score (nSPS) is 24.4. The van der Waals surface area contributed by atoms with E-state index in [4.69, 9.17) is 10.7 Å². The highest BCUT2D eigenvalue weighted by Crippen LogP contribution is 2.34. The number of benzene rings is 1. The SMILES string of the molecule is NCCCCN(C[C@@H]1CC(c2ccccc2)CN1)[C@H]1CCCc2cccnc21. The molecule has 4 heteroatoms. The second kappa shape index (κ2) is 9.64. The van der Waals surface area contributed by atoms with Gasteiger partial charge in [-0.3, -0.25) is 9.88 Å². The Labute approximate surface area is 169 Å². The van der Waals surface area contributed by atoms with E-state index >= 15 is 0 Å². The van der Waals surface area contributed by atoms with Crippen LogP contribution in [-0.4, -0.2) is 42.1 Å². The molecule has 0 bridgehead atoms. The number of nitrogens with one attached hydrogen (secondary N) is 1. The van der Waals surface area contributed by atoms with E-state index in [1.807, 2.05) is 6.20 Å². The van der Waals surface area contributed by atoms with E-state index in [2.05, 4.69) is 52.7 Å². The molecule has 4 rings (SSSR count). The Balaban J connectivity index is 1.45. The molecule has 150 valence electrons. The van der Waals surface area contributed by atoms with Crippen LogP contribution in [-0.2, 0) is 6.42 Å². The zero-order chi connectivity index (χ0) is 19.2. The van der Waals surface area contributed by atoms with Crippen LogP contribution in [0.4, 0.5) is 0 Å². The van der Waals surface area contributed by atoms with Crippen molar-refractivity contribution < 1.29 is 0 Å². The van der Waals surface area contributed by atoms with Gasteiger partial charge in [0.25, 0.3) is 0 Å². The molecule has 1 aliphatic heterocycles. The van der Waals surface area contributed by atoms with Gasteiger partial charge in [-0.25, -0.2) is 0 Å². The standard InChI is InChI=1S/C24H34N4/c25-13-4-5-15-28(23-12-6-10-20-11-7-14-26-24(20)23)18-22-16-21(17-27-22)19-8-2-1-3-9-19/h1-3,7-9,11,14,21-23,27H,4-6,10,12-13,15-18,25H2/t21?,22-,23-/m0/s1. The molecule has 1 aromatic carbocycles. The minimum Gasteiger partial charge on any atom is -0.330 e. The third-order valence-corrected chi connectivity index (χ3v) is 6.45. The average molecular weight is 379 g/mol. The molecule has 0 radical (unpaired) electrons. The first-order valence-corrected chi connectivity index (χ1v) is 11.0. The van der Waals surface area contributed by atoms with Crippen molar-refractivity contribution in [1.29, 1.82) is 0 Å². The number of unbranched alkanes of at least 4 members (excludes halogenated alkanes) is 1. The lowest BCUT2D eigenvalue weighted by molar-refractivity contribution is 0.157. The second-order valence-corrected chi connectivity index (χ2v) is 8.39. The summed E-state index contributed by atoms with van der Waals surface area (Å²) in [5, 5.41) is 3.80. The summed E-state index contributed by atoms with van der Waals surface area (Å²) in [6.45, 7) is 4.09. The molecule has 1 aliphatic carbocycles. The molecule has 0 saturated carbocycles. The summed E-state index contributed by atoms with van der Waals surface area (Å²) in [5.41, 5.74) is 10.0. The number of hydrogen-bond donors (Lipinski definition) is 2. The van der Waals surface area contributed by atoms with Crippen LogP contribution in [0.1, 0.15) is 60.9 Å². The molecule has 2 heterocycles. The lowest BCUT2D eigenvalue weighted by atomic mass is 9.90. The summed E-state index contributed by atoms with van der Waals surface area (Å²) in [4.78, 5) is 7.50. The van der Waals surface area contributed by atoms with Crippen LogP contribution in [0.15, 0.2) is 48.7 Å². The number of fused-ring (bicyclic) bond motifs is 1. The molecule has 1 aromatic heterocycles. The van der Waals surface area contributed by atoms with Gasteiger partial charge in [-0.2, -0.15) is 0 Å². The fraction of sp³-hybridized carbons (Fsp3) is 0.542. The zero-order valence-electron chi connectivity index (χ0n) is 16.9. The predicted octanol–water partition coefficient (Wildman–Crippen LogP) is 3.65. The largest absolute Gasteiger partial charge is 0.330 e. The van der Waals surface area contributed by atoms with Gasteiger partial charge in [0.15, 0.2) is 0 Å². The van der Waals surface area contributed by atoms with Gasteiger partial charge >= 0.3 is 0 Å². The van der Waals surface area contributed by atoms with Crippen molar-refractivity contribution in [3.63, 3.8) is 0 Å². The quantitative estimate of drug-likeness (QED) is 0.689. The molecular weight excluding hydrogens is 344 g/mol. The molecule has 28 heavy (non-hydrogen) atoms. The highest BCUT2D eigenvalue weighted by atomic mass is 15.2. The highest BCUT2D eigenvalue weighted by molar-refractivity contribution is 5.26. The summed E-state index contributed by atoms with van der Waals surface area (Å²) in [5.74, 6) is 0.633. The first-order chi connectivity index (χ1) is 13.8. The number of aryl methyl sites for hydroxylation is 1. The number of rotatable bonds is 8. The van der Waals surface area contributed by atoms with E-state index in [0.29, 0.717) is 18.0 Å². The van der Waals surface area contributed by atoms with Crippen molar-refractivity contribution in [3.8, 4) is 0 Å². The van der Waals surface area contributed by atoms with E-state index in [-0.39, 0.29) is 0 Å². The van der Waals surface area contributed by atoms with E-state index in [9.17, 15) is 0 Å². The van der Waals surface area contributed by atoms with E-state index in [1.54, 1.807) is 0 Å². The van der Waals surface area contributed by atoms with Gasteiger partial charge in [-0.15, -0.1) is 0 Å². The minimum absolute atomic E-state index is 0.459. The van der Waals surface area contributed by atoms with Gasteiger partial charge in [0.1, 0.15) is 0 Å². The van der Waals surface area contributed by atoms with Crippen LogP contribution in [0, 0.1) is 0 Å². The maximum Gasteiger partial charge on any atom is 0.0607 e. The van der Waals surface area contributed by atoms with Gasteiger partial charge in [-0.05, 0) is 74.7 Å². The predicted molar refractivity (Wildman–Crippen MR) is 115 cm³/mol. The van der Waals surface area contributed by atoms with Crippen LogP contribution in [0.25, 0.3) is 0 Å². The molecule has 4 nitrogen and oxygen atoms in total. The number of aromatic nitrogens is 1. The zero-order valence-corrected chi connectivity index (χ0v) is 16.9. The second-order valence-electron chi connectivity index (χ2n) is 8.39. The van der Waals surface area contributed by atoms with Crippen LogP contribution < -0.4 is 11.1 Å². The third kappa shape index (κ3) is 4.62.